The highest BCUT2D eigenvalue weighted by atomic mass is 79.9. The summed E-state index contributed by atoms with van der Waals surface area (Å²) < 4.78 is 3.45. The Morgan fingerprint density at radius 3 is 2.48 bits per heavy atom. The van der Waals surface area contributed by atoms with Crippen LogP contribution in [0.2, 0.25) is 0 Å². The Hall–Kier alpha value is -0.540. The van der Waals surface area contributed by atoms with Crippen LogP contribution in [0.1, 0.15) is 33.5 Å². The van der Waals surface area contributed by atoms with Crippen molar-refractivity contribution in [1.82, 2.24) is 9.55 Å². The number of hydrogen-bond donors (Lipinski definition) is 0. The van der Waals surface area contributed by atoms with Crippen LogP contribution in [0.3, 0.4) is 0 Å². The van der Waals surface area contributed by atoms with E-state index in [9.17, 15) is 0 Å². The monoisotopic (exact) mass is 368 g/mol. The summed E-state index contributed by atoms with van der Waals surface area (Å²) in [4.78, 5) is 4.79. The van der Waals surface area contributed by atoms with E-state index in [1.54, 1.807) is 0 Å². The lowest BCUT2D eigenvalue weighted by atomic mass is 10.0. The van der Waals surface area contributed by atoms with Gasteiger partial charge in [-0.3, -0.25) is 0 Å². The van der Waals surface area contributed by atoms with Gasteiger partial charge < -0.3 is 4.57 Å². The molecule has 0 aliphatic heterocycles. The molecule has 1 aliphatic carbocycles. The SMILES string of the molecule is CC1(C)C(Cn2c(CCCl)nc3cc(Br)ccc32)C1(C)C. The highest BCUT2D eigenvalue weighted by Crippen LogP contribution is 2.69. The number of alkyl halides is 1. The Morgan fingerprint density at radius 1 is 1.24 bits per heavy atom. The van der Waals surface area contributed by atoms with Gasteiger partial charge in [-0.2, -0.15) is 0 Å². The molecule has 0 atom stereocenters. The molecule has 1 aromatic heterocycles. The zero-order valence-corrected chi connectivity index (χ0v) is 15.4. The highest BCUT2D eigenvalue weighted by molar-refractivity contribution is 9.10. The second-order valence-corrected chi connectivity index (χ2v) is 8.50. The molecule has 0 radical (unpaired) electrons. The maximum atomic E-state index is 5.97. The van der Waals surface area contributed by atoms with E-state index in [0.717, 1.165) is 28.8 Å². The van der Waals surface area contributed by atoms with Crippen LogP contribution in [0, 0.1) is 16.7 Å². The van der Waals surface area contributed by atoms with Crippen molar-refractivity contribution in [1.29, 1.82) is 0 Å². The number of aromatic nitrogens is 2. The Bertz CT molecular complexity index is 673. The van der Waals surface area contributed by atoms with E-state index < -0.39 is 0 Å². The van der Waals surface area contributed by atoms with Crippen LogP contribution in [0.25, 0.3) is 11.0 Å². The van der Waals surface area contributed by atoms with Crippen molar-refractivity contribution in [2.24, 2.45) is 16.7 Å². The summed E-state index contributed by atoms with van der Waals surface area (Å²) in [7, 11) is 0. The fraction of sp³-hybridized carbons (Fsp3) is 0.588. The fourth-order valence-electron chi connectivity index (χ4n) is 3.60. The van der Waals surface area contributed by atoms with Crippen molar-refractivity contribution in [2.75, 3.05) is 5.88 Å². The zero-order valence-electron chi connectivity index (χ0n) is 13.1. The molecule has 2 nitrogen and oxygen atoms in total. The standard InChI is InChI=1S/C17H22BrClN2/c1-16(2)14(17(16,3)4)10-21-13-6-5-11(18)9-12(13)20-15(21)7-8-19/h5-6,9,14H,7-8,10H2,1-4H3. The minimum atomic E-state index is 0.386. The Morgan fingerprint density at radius 2 is 1.90 bits per heavy atom. The van der Waals surface area contributed by atoms with E-state index >= 15 is 0 Å². The smallest absolute Gasteiger partial charge is 0.111 e. The molecule has 1 aromatic carbocycles. The lowest BCUT2D eigenvalue weighted by molar-refractivity contribution is 0.457. The molecule has 1 saturated carbocycles. The van der Waals surface area contributed by atoms with Gasteiger partial charge in [0.2, 0.25) is 0 Å². The molecular formula is C17H22BrClN2. The first-order valence-corrected chi connectivity index (χ1v) is 8.82. The van der Waals surface area contributed by atoms with Gasteiger partial charge in [-0.05, 0) is 34.9 Å². The molecule has 0 saturated heterocycles. The van der Waals surface area contributed by atoms with Crippen molar-refractivity contribution in [3.63, 3.8) is 0 Å². The van der Waals surface area contributed by atoms with Gasteiger partial charge in [-0.1, -0.05) is 43.6 Å². The number of nitrogens with zero attached hydrogens (tertiary/aromatic N) is 2. The summed E-state index contributed by atoms with van der Waals surface area (Å²) in [5.74, 6) is 2.40. The quantitative estimate of drug-likeness (QED) is 0.672. The first-order chi connectivity index (χ1) is 9.79. The Labute approximate surface area is 140 Å². The highest BCUT2D eigenvalue weighted by Gasteiger charge is 2.64. The summed E-state index contributed by atoms with van der Waals surface area (Å²) in [6.07, 6.45) is 0.821. The number of fused-ring (bicyclic) bond motifs is 1. The third-order valence-electron chi connectivity index (χ3n) is 5.79. The molecule has 0 spiro atoms. The summed E-state index contributed by atoms with van der Waals surface area (Å²) in [6, 6.07) is 6.34. The van der Waals surface area contributed by atoms with Crippen LogP contribution in [0.4, 0.5) is 0 Å². The number of imidazole rings is 1. The van der Waals surface area contributed by atoms with Crippen molar-refractivity contribution in [2.45, 2.75) is 40.7 Å². The van der Waals surface area contributed by atoms with Crippen LogP contribution >= 0.6 is 27.5 Å². The third-order valence-corrected chi connectivity index (χ3v) is 6.47. The predicted octanol–water partition coefficient (Wildman–Crippen LogP) is 5.26. The molecule has 1 heterocycles. The molecule has 21 heavy (non-hydrogen) atoms. The number of benzene rings is 1. The van der Waals surface area contributed by atoms with Gasteiger partial charge in [0, 0.05) is 23.3 Å². The van der Waals surface area contributed by atoms with Gasteiger partial charge in [0.05, 0.1) is 11.0 Å². The van der Waals surface area contributed by atoms with E-state index in [-0.39, 0.29) is 0 Å². The molecule has 0 N–H and O–H groups in total. The van der Waals surface area contributed by atoms with Crippen molar-refractivity contribution >= 4 is 38.6 Å². The lowest BCUT2D eigenvalue weighted by Crippen LogP contribution is -2.09. The van der Waals surface area contributed by atoms with Crippen LogP contribution in [-0.4, -0.2) is 15.4 Å². The maximum absolute atomic E-state index is 5.97. The van der Waals surface area contributed by atoms with E-state index in [1.807, 2.05) is 0 Å². The normalized spacial score (nSPS) is 20.1. The van der Waals surface area contributed by atoms with Gasteiger partial charge in [0.1, 0.15) is 5.82 Å². The molecule has 2 aromatic rings. The summed E-state index contributed by atoms with van der Waals surface area (Å²) in [5.41, 5.74) is 3.05. The topological polar surface area (TPSA) is 17.8 Å². The van der Waals surface area contributed by atoms with Gasteiger partial charge in [0.25, 0.3) is 0 Å². The first-order valence-electron chi connectivity index (χ1n) is 7.49. The minimum Gasteiger partial charge on any atom is -0.328 e. The van der Waals surface area contributed by atoms with Crippen LogP contribution in [0.15, 0.2) is 22.7 Å². The lowest BCUT2D eigenvalue weighted by Gasteiger charge is -2.10. The zero-order chi connectivity index (χ0) is 15.4. The molecule has 0 bridgehead atoms. The molecule has 0 unspecified atom stereocenters. The van der Waals surface area contributed by atoms with Crippen LogP contribution < -0.4 is 0 Å². The summed E-state index contributed by atoms with van der Waals surface area (Å²) >= 11 is 9.50. The Kier molecular flexibility index (Phi) is 3.65. The Balaban J connectivity index is 2.02. The third kappa shape index (κ3) is 2.33. The van der Waals surface area contributed by atoms with Crippen LogP contribution in [0.5, 0.6) is 0 Å². The fourth-order valence-corrected chi connectivity index (χ4v) is 4.12. The minimum absolute atomic E-state index is 0.386. The number of hydrogen-bond acceptors (Lipinski definition) is 1. The van der Waals surface area contributed by atoms with Gasteiger partial charge in [-0.15, -0.1) is 11.6 Å². The average Bonchev–Trinajstić information content (AvgIpc) is 2.68. The number of rotatable bonds is 4. The molecule has 1 aliphatic rings. The second kappa shape index (κ2) is 4.99. The molecule has 1 fully saturated rings. The van der Waals surface area contributed by atoms with Gasteiger partial charge >= 0.3 is 0 Å². The maximum Gasteiger partial charge on any atom is 0.111 e. The van der Waals surface area contributed by atoms with Crippen molar-refractivity contribution < 1.29 is 0 Å². The summed E-state index contributed by atoms with van der Waals surface area (Å²) in [5, 5.41) is 0. The molecule has 0 amide bonds. The molecular weight excluding hydrogens is 348 g/mol. The van der Waals surface area contributed by atoms with E-state index in [4.69, 9.17) is 16.6 Å². The van der Waals surface area contributed by atoms with E-state index in [2.05, 4.69) is 66.4 Å². The van der Waals surface area contributed by atoms with Crippen molar-refractivity contribution in [3.05, 3.63) is 28.5 Å². The molecule has 4 heteroatoms. The van der Waals surface area contributed by atoms with Crippen LogP contribution in [-0.2, 0) is 13.0 Å². The summed E-state index contributed by atoms with van der Waals surface area (Å²) in [6.45, 7) is 10.5. The average molecular weight is 370 g/mol. The van der Waals surface area contributed by atoms with Gasteiger partial charge in [-0.25, -0.2) is 4.98 Å². The second-order valence-electron chi connectivity index (χ2n) is 7.21. The first kappa shape index (κ1) is 15.4. The molecule has 3 rings (SSSR count). The van der Waals surface area contributed by atoms with Gasteiger partial charge in [0.15, 0.2) is 0 Å². The van der Waals surface area contributed by atoms with E-state index in [0.29, 0.717) is 22.6 Å². The number of aryl methyl sites for hydroxylation is 1. The number of halogens is 2. The molecule has 114 valence electrons. The predicted molar refractivity (Wildman–Crippen MR) is 92.9 cm³/mol. The van der Waals surface area contributed by atoms with Crippen molar-refractivity contribution in [3.8, 4) is 0 Å². The largest absolute Gasteiger partial charge is 0.328 e. The van der Waals surface area contributed by atoms with E-state index in [1.165, 1.54) is 5.52 Å².